The Morgan fingerprint density at radius 2 is 1.77 bits per heavy atom. The van der Waals surface area contributed by atoms with Crippen molar-refractivity contribution in [2.24, 2.45) is 4.99 Å². The van der Waals surface area contributed by atoms with E-state index in [0.29, 0.717) is 5.69 Å². The summed E-state index contributed by atoms with van der Waals surface area (Å²) in [4.78, 5) is 6.46. The molecule has 0 saturated carbocycles. The first-order chi connectivity index (χ1) is 12.2. The molecule has 140 valence electrons. The Kier molecular flexibility index (Phi) is 6.13. The molecule has 4 nitrogen and oxygen atoms in total. The number of anilines is 2. The molecule has 0 aromatic heterocycles. The van der Waals surface area contributed by atoms with E-state index in [1.807, 2.05) is 44.9 Å². The molecule has 0 saturated heterocycles. The number of aryl methyl sites for hydroxylation is 2. The zero-order valence-electron chi connectivity index (χ0n) is 15.2. The maximum atomic E-state index is 12.2. The first kappa shape index (κ1) is 19.6. The van der Waals surface area contributed by atoms with Gasteiger partial charge in [-0.05, 0) is 68.3 Å². The standard InChI is InChI=1S/C19H22F3N3O/c1-5-25(4)12-23-17-10-14(3)18(11-13(17)2)24-15-6-8-16(9-7-15)26-19(20,21)22/h6-12,24H,5H2,1-4H3. The summed E-state index contributed by atoms with van der Waals surface area (Å²) in [6, 6.07) is 9.57. The van der Waals surface area contributed by atoms with E-state index in [4.69, 9.17) is 0 Å². The maximum Gasteiger partial charge on any atom is 0.573 e. The first-order valence-corrected chi connectivity index (χ1v) is 8.16. The fraction of sp³-hybridized carbons (Fsp3) is 0.316. The van der Waals surface area contributed by atoms with Crippen LogP contribution in [0.1, 0.15) is 18.1 Å². The average Bonchev–Trinajstić information content (AvgIpc) is 2.56. The van der Waals surface area contributed by atoms with Crippen LogP contribution in [0.3, 0.4) is 0 Å². The number of nitrogens with zero attached hydrogens (tertiary/aromatic N) is 2. The first-order valence-electron chi connectivity index (χ1n) is 8.16. The number of hydrogen-bond acceptors (Lipinski definition) is 3. The number of hydrogen-bond donors (Lipinski definition) is 1. The molecule has 0 bridgehead atoms. The zero-order valence-corrected chi connectivity index (χ0v) is 15.2. The van der Waals surface area contributed by atoms with Crippen molar-refractivity contribution in [3.63, 3.8) is 0 Å². The van der Waals surface area contributed by atoms with Gasteiger partial charge < -0.3 is 15.0 Å². The van der Waals surface area contributed by atoms with Gasteiger partial charge in [0.2, 0.25) is 0 Å². The van der Waals surface area contributed by atoms with E-state index in [0.717, 1.165) is 29.0 Å². The molecular weight excluding hydrogens is 343 g/mol. The second kappa shape index (κ2) is 8.12. The van der Waals surface area contributed by atoms with Gasteiger partial charge in [0, 0.05) is 25.0 Å². The highest BCUT2D eigenvalue weighted by Crippen LogP contribution is 2.30. The van der Waals surface area contributed by atoms with Crippen LogP contribution in [0.15, 0.2) is 41.4 Å². The van der Waals surface area contributed by atoms with Gasteiger partial charge in [0.25, 0.3) is 0 Å². The van der Waals surface area contributed by atoms with Crippen LogP contribution >= 0.6 is 0 Å². The summed E-state index contributed by atoms with van der Waals surface area (Å²) < 4.78 is 40.5. The van der Waals surface area contributed by atoms with Gasteiger partial charge in [-0.3, -0.25) is 0 Å². The number of benzene rings is 2. The minimum Gasteiger partial charge on any atom is -0.406 e. The van der Waals surface area contributed by atoms with Gasteiger partial charge >= 0.3 is 6.36 Å². The van der Waals surface area contributed by atoms with E-state index in [2.05, 4.69) is 15.0 Å². The van der Waals surface area contributed by atoms with Crippen LogP contribution in [-0.2, 0) is 0 Å². The number of halogens is 3. The van der Waals surface area contributed by atoms with Crippen molar-refractivity contribution in [2.75, 3.05) is 18.9 Å². The van der Waals surface area contributed by atoms with Crippen LogP contribution in [-0.4, -0.2) is 31.2 Å². The van der Waals surface area contributed by atoms with Gasteiger partial charge in [-0.15, -0.1) is 13.2 Å². The number of ether oxygens (including phenoxy) is 1. The highest BCUT2D eigenvalue weighted by Gasteiger charge is 2.30. The van der Waals surface area contributed by atoms with E-state index in [1.54, 1.807) is 6.34 Å². The van der Waals surface area contributed by atoms with Gasteiger partial charge in [0.1, 0.15) is 5.75 Å². The number of nitrogens with one attached hydrogen (secondary N) is 1. The molecule has 7 heteroatoms. The second-order valence-corrected chi connectivity index (χ2v) is 5.97. The third-order valence-corrected chi connectivity index (χ3v) is 3.80. The van der Waals surface area contributed by atoms with Crippen molar-refractivity contribution in [3.8, 4) is 5.75 Å². The van der Waals surface area contributed by atoms with Crippen LogP contribution in [0.4, 0.5) is 30.2 Å². The highest BCUT2D eigenvalue weighted by atomic mass is 19.4. The van der Waals surface area contributed by atoms with Gasteiger partial charge in [0.15, 0.2) is 0 Å². The third-order valence-electron chi connectivity index (χ3n) is 3.80. The van der Waals surface area contributed by atoms with Crippen LogP contribution in [0.5, 0.6) is 5.75 Å². The van der Waals surface area contributed by atoms with Crippen LogP contribution < -0.4 is 10.1 Å². The molecule has 0 fully saturated rings. The van der Waals surface area contributed by atoms with Crippen LogP contribution in [0.25, 0.3) is 0 Å². The minimum atomic E-state index is -4.69. The van der Waals surface area contributed by atoms with Crippen molar-refractivity contribution in [2.45, 2.75) is 27.1 Å². The Morgan fingerprint density at radius 1 is 1.12 bits per heavy atom. The third kappa shape index (κ3) is 5.68. The summed E-state index contributed by atoms with van der Waals surface area (Å²) in [7, 11) is 1.95. The summed E-state index contributed by atoms with van der Waals surface area (Å²) >= 11 is 0. The minimum absolute atomic E-state index is 0.249. The SMILES string of the molecule is CCN(C)C=Nc1cc(C)c(Nc2ccc(OC(F)(F)F)cc2)cc1C. The Bertz CT molecular complexity index is 771. The van der Waals surface area contributed by atoms with Crippen molar-refractivity contribution in [1.29, 1.82) is 0 Å². The number of aliphatic imine (C=N–C) groups is 1. The molecule has 0 atom stereocenters. The summed E-state index contributed by atoms with van der Waals surface area (Å²) in [5, 5.41) is 3.21. The molecule has 0 heterocycles. The van der Waals surface area contributed by atoms with Crippen molar-refractivity contribution < 1.29 is 17.9 Å². The molecule has 0 aliphatic carbocycles. The van der Waals surface area contributed by atoms with Crippen LogP contribution in [0, 0.1) is 13.8 Å². The monoisotopic (exact) mass is 365 g/mol. The molecule has 1 N–H and O–H groups in total. The van der Waals surface area contributed by atoms with Crippen molar-refractivity contribution in [1.82, 2.24) is 4.90 Å². The molecular formula is C19H22F3N3O. The van der Waals surface area contributed by atoms with Crippen molar-refractivity contribution in [3.05, 3.63) is 47.5 Å². The lowest BCUT2D eigenvalue weighted by Gasteiger charge is -2.14. The van der Waals surface area contributed by atoms with E-state index in [-0.39, 0.29) is 5.75 Å². The van der Waals surface area contributed by atoms with Gasteiger partial charge in [0.05, 0.1) is 12.0 Å². The Balaban J connectivity index is 2.14. The lowest BCUT2D eigenvalue weighted by Crippen LogP contribution is -2.16. The van der Waals surface area contributed by atoms with E-state index in [1.165, 1.54) is 24.3 Å². The molecule has 0 amide bonds. The predicted octanol–water partition coefficient (Wildman–Crippen LogP) is 5.56. The summed E-state index contributed by atoms with van der Waals surface area (Å²) in [5.41, 5.74) is 4.40. The molecule has 0 aliphatic rings. The fourth-order valence-corrected chi connectivity index (χ4v) is 2.21. The summed E-state index contributed by atoms with van der Waals surface area (Å²) in [6.45, 7) is 6.83. The zero-order chi connectivity index (χ0) is 19.3. The lowest BCUT2D eigenvalue weighted by molar-refractivity contribution is -0.274. The number of alkyl halides is 3. The number of rotatable bonds is 6. The topological polar surface area (TPSA) is 36.9 Å². The smallest absolute Gasteiger partial charge is 0.406 e. The van der Waals surface area contributed by atoms with Crippen molar-refractivity contribution >= 4 is 23.4 Å². The fourth-order valence-electron chi connectivity index (χ4n) is 2.21. The highest BCUT2D eigenvalue weighted by molar-refractivity contribution is 5.70. The van der Waals surface area contributed by atoms with Gasteiger partial charge in [-0.2, -0.15) is 0 Å². The molecule has 0 aliphatic heterocycles. The quantitative estimate of drug-likeness (QED) is 0.538. The molecule has 0 spiro atoms. The van der Waals surface area contributed by atoms with E-state index in [9.17, 15) is 13.2 Å². The summed E-state index contributed by atoms with van der Waals surface area (Å²) in [5.74, 6) is -0.249. The Hall–Kier alpha value is -2.70. The molecule has 0 unspecified atom stereocenters. The lowest BCUT2D eigenvalue weighted by atomic mass is 10.1. The molecule has 2 aromatic rings. The van der Waals surface area contributed by atoms with Gasteiger partial charge in [-0.25, -0.2) is 4.99 Å². The molecule has 2 rings (SSSR count). The largest absolute Gasteiger partial charge is 0.573 e. The second-order valence-electron chi connectivity index (χ2n) is 5.97. The average molecular weight is 365 g/mol. The predicted molar refractivity (Wildman–Crippen MR) is 98.8 cm³/mol. The maximum absolute atomic E-state index is 12.2. The van der Waals surface area contributed by atoms with E-state index >= 15 is 0 Å². The van der Waals surface area contributed by atoms with Crippen LogP contribution in [0.2, 0.25) is 0 Å². The molecule has 26 heavy (non-hydrogen) atoms. The normalized spacial score (nSPS) is 11.7. The summed E-state index contributed by atoms with van der Waals surface area (Å²) in [6.07, 6.45) is -2.90. The van der Waals surface area contributed by atoms with E-state index < -0.39 is 6.36 Å². The van der Waals surface area contributed by atoms with Gasteiger partial charge in [-0.1, -0.05) is 0 Å². The Labute approximate surface area is 151 Å². The molecule has 2 aromatic carbocycles. The molecule has 0 radical (unpaired) electrons. The Morgan fingerprint density at radius 3 is 2.35 bits per heavy atom.